The molecule has 1 unspecified atom stereocenters. The first-order valence-electron chi connectivity index (χ1n) is 14.0. The number of hydrogen-bond donors (Lipinski definition) is 3. The Morgan fingerprint density at radius 3 is 2.11 bits per heavy atom. The van der Waals surface area contributed by atoms with Crippen molar-refractivity contribution in [3.63, 3.8) is 0 Å². The van der Waals surface area contributed by atoms with Crippen LogP contribution in [0.1, 0.15) is 61.8 Å². The third-order valence-corrected chi connectivity index (χ3v) is 7.91. The van der Waals surface area contributed by atoms with E-state index in [4.69, 9.17) is 33.3 Å². The van der Waals surface area contributed by atoms with Crippen LogP contribution in [-0.4, -0.2) is 53.5 Å². The minimum Gasteiger partial charge on any atom is -0.466 e. The van der Waals surface area contributed by atoms with Crippen LogP contribution in [0.25, 0.3) is 0 Å². The second-order valence-corrected chi connectivity index (χ2v) is 11.4. The van der Waals surface area contributed by atoms with Crippen molar-refractivity contribution in [1.29, 1.82) is 5.41 Å². The molecule has 1 aliphatic carbocycles. The van der Waals surface area contributed by atoms with Crippen LogP contribution in [-0.2, 0) is 20.9 Å². The molecule has 0 aromatic heterocycles. The minimum atomic E-state index is -5.19. The van der Waals surface area contributed by atoms with Crippen LogP contribution in [0.5, 0.6) is 0 Å². The van der Waals surface area contributed by atoms with E-state index in [1.165, 1.54) is 0 Å². The summed E-state index contributed by atoms with van der Waals surface area (Å²) in [4.78, 5) is 26.4. The zero-order valence-corrected chi connectivity index (χ0v) is 25.8. The summed E-state index contributed by atoms with van der Waals surface area (Å²) >= 11 is 12.2. The van der Waals surface area contributed by atoms with Gasteiger partial charge in [-0.2, -0.15) is 13.2 Å². The zero-order valence-electron chi connectivity index (χ0n) is 24.2. The maximum Gasteiger partial charge on any atom is 0.431 e. The number of halogens is 9. The summed E-state index contributed by atoms with van der Waals surface area (Å²) in [6, 6.07) is 2.94. The van der Waals surface area contributed by atoms with Gasteiger partial charge in [0.05, 0.1) is 30.7 Å². The number of nitrogens with one attached hydrogen (secondary N) is 2. The number of aliphatic hydroxyl groups is 1. The number of carbonyl (C=O) groups excluding carboxylic acids is 2. The van der Waals surface area contributed by atoms with Gasteiger partial charge in [-0.05, 0) is 62.4 Å². The van der Waals surface area contributed by atoms with Gasteiger partial charge in [-0.15, -0.1) is 0 Å². The number of carbonyl (C=O) groups is 2. The smallest absolute Gasteiger partial charge is 0.431 e. The Labute approximate surface area is 269 Å². The number of hydrogen-bond acceptors (Lipinski definition) is 6. The lowest BCUT2D eigenvalue weighted by atomic mass is 9.86. The first-order valence-corrected chi connectivity index (χ1v) is 14.8. The second kappa shape index (κ2) is 16.0. The Morgan fingerprint density at radius 2 is 1.63 bits per heavy atom. The number of alkyl halides is 5. The molecule has 0 saturated heterocycles. The van der Waals surface area contributed by atoms with E-state index >= 15 is 0 Å². The molecule has 0 aliphatic heterocycles. The van der Waals surface area contributed by atoms with Crippen molar-refractivity contribution in [3.8, 4) is 0 Å². The van der Waals surface area contributed by atoms with Crippen LogP contribution < -0.4 is 5.32 Å². The van der Waals surface area contributed by atoms with Gasteiger partial charge < -0.3 is 25.5 Å². The van der Waals surface area contributed by atoms with E-state index in [9.17, 15) is 45.4 Å². The Kier molecular flexibility index (Phi) is 12.9. The molecule has 0 radical (unpaired) electrons. The van der Waals surface area contributed by atoms with Gasteiger partial charge in [-0.25, -0.2) is 17.6 Å². The average Bonchev–Trinajstić information content (AvgIpc) is 2.95. The predicted molar refractivity (Wildman–Crippen MR) is 156 cm³/mol. The monoisotopic (exact) mass is 699 g/mol. The van der Waals surface area contributed by atoms with Crippen LogP contribution >= 0.6 is 23.2 Å². The van der Waals surface area contributed by atoms with E-state index < -0.39 is 94.1 Å². The van der Waals surface area contributed by atoms with Gasteiger partial charge >= 0.3 is 12.1 Å². The first-order chi connectivity index (χ1) is 21.5. The molecule has 1 fully saturated rings. The highest BCUT2D eigenvalue weighted by atomic mass is 35.5. The number of ether oxygens (including phenoxy) is 1. The Balaban J connectivity index is 2.00. The van der Waals surface area contributed by atoms with Crippen molar-refractivity contribution in [1.82, 2.24) is 10.2 Å². The van der Waals surface area contributed by atoms with E-state index in [2.05, 4.69) is 5.32 Å². The summed E-state index contributed by atoms with van der Waals surface area (Å²) in [6.07, 6.45) is -9.23. The molecule has 2 aromatic carbocycles. The molecule has 0 spiro atoms. The molecule has 7 nitrogen and oxygen atoms in total. The fraction of sp³-hybridized carbons (Fsp3) is 0.433. The molecule has 0 heterocycles. The highest BCUT2D eigenvalue weighted by Crippen LogP contribution is 2.36. The topological polar surface area (TPSA) is 103 Å². The van der Waals surface area contributed by atoms with Gasteiger partial charge in [-0.1, -0.05) is 23.2 Å². The number of esters is 1. The lowest BCUT2D eigenvalue weighted by Crippen LogP contribution is -2.43. The van der Waals surface area contributed by atoms with Gasteiger partial charge in [0.15, 0.2) is 0 Å². The summed E-state index contributed by atoms with van der Waals surface area (Å²) in [7, 11) is 0. The molecule has 16 heteroatoms. The number of allylic oxidation sites excluding steroid dienone is 1. The van der Waals surface area contributed by atoms with Crippen LogP contribution in [0.15, 0.2) is 41.6 Å². The molecular formula is C30H30Cl2F7N3O4. The summed E-state index contributed by atoms with van der Waals surface area (Å²) in [5.74, 6) is -4.55. The number of nitrogens with zero attached hydrogens (tertiary/aromatic N) is 1. The molecule has 252 valence electrons. The highest BCUT2D eigenvalue weighted by molar-refractivity contribution is 6.36. The Bertz CT molecular complexity index is 1420. The van der Waals surface area contributed by atoms with E-state index in [0.717, 1.165) is 24.3 Å². The largest absolute Gasteiger partial charge is 0.466 e. The van der Waals surface area contributed by atoms with Gasteiger partial charge in [0, 0.05) is 46.0 Å². The quantitative estimate of drug-likeness (QED) is 0.0925. The maximum atomic E-state index is 14.4. The number of amides is 1. The van der Waals surface area contributed by atoms with E-state index in [-0.39, 0.29) is 49.6 Å². The fourth-order valence-corrected chi connectivity index (χ4v) is 5.91. The van der Waals surface area contributed by atoms with E-state index in [1.54, 1.807) is 6.92 Å². The maximum absolute atomic E-state index is 14.4. The van der Waals surface area contributed by atoms with Gasteiger partial charge in [-0.3, -0.25) is 9.59 Å². The van der Waals surface area contributed by atoms with Crippen molar-refractivity contribution in [2.75, 3.05) is 13.2 Å². The SMILES string of the molecule is CCOC(=O)[C@H]1CC[C@H](N/C(=C(\C=N)C(=O)N(Cc2cc(F)cc(F)c2)CC(O)c2c(Cl)cc(C(F)F)cc2Cl)C(F)(F)F)CC1. The first kappa shape index (κ1) is 37.1. The zero-order chi connectivity index (χ0) is 34.3. The highest BCUT2D eigenvalue weighted by Gasteiger charge is 2.41. The molecule has 3 N–H and O–H groups in total. The predicted octanol–water partition coefficient (Wildman–Crippen LogP) is 7.45. The third kappa shape index (κ3) is 9.58. The van der Waals surface area contributed by atoms with E-state index in [0.29, 0.717) is 11.0 Å². The standard InChI is InChI=1S/C30H30Cl2F7N3O4/c1-2-46-29(45)16-3-5-20(6-4-16)41-26(30(37,38)39)21(12-40)28(44)42(13-15-7-18(33)11-19(34)8-15)14-24(43)25-22(31)9-17(27(35)36)10-23(25)32/h7-12,16,20,24,27,40-41,43H,2-6,13-14H2,1H3/b26-21+,40-12?/t16-,20-,24?. The Morgan fingerprint density at radius 1 is 1.07 bits per heavy atom. The Hall–Kier alpha value is -3.36. The lowest BCUT2D eigenvalue weighted by molar-refractivity contribution is -0.149. The molecule has 0 bridgehead atoms. The molecule has 1 saturated carbocycles. The van der Waals surface area contributed by atoms with Crippen molar-refractivity contribution in [2.45, 2.75) is 63.9 Å². The average molecular weight is 700 g/mol. The molecule has 3 rings (SSSR count). The van der Waals surface area contributed by atoms with Gasteiger partial charge in [0.1, 0.15) is 17.3 Å². The number of aliphatic hydroxyl groups excluding tert-OH is 1. The molecule has 46 heavy (non-hydrogen) atoms. The van der Waals surface area contributed by atoms with Crippen molar-refractivity contribution < 1.29 is 50.2 Å². The second-order valence-electron chi connectivity index (χ2n) is 10.6. The fourth-order valence-electron chi connectivity index (χ4n) is 5.15. The van der Waals surface area contributed by atoms with Crippen LogP contribution in [0.4, 0.5) is 30.7 Å². The van der Waals surface area contributed by atoms with Crippen molar-refractivity contribution >= 4 is 41.3 Å². The number of benzene rings is 2. The minimum absolute atomic E-state index is 0.110. The van der Waals surface area contributed by atoms with E-state index in [1.807, 2.05) is 0 Å². The summed E-state index contributed by atoms with van der Waals surface area (Å²) in [6.45, 7) is 0.149. The van der Waals surface area contributed by atoms with Crippen molar-refractivity contribution in [3.05, 3.63) is 80.0 Å². The van der Waals surface area contributed by atoms with Crippen molar-refractivity contribution in [2.24, 2.45) is 5.92 Å². The van der Waals surface area contributed by atoms with Crippen LogP contribution in [0.3, 0.4) is 0 Å². The van der Waals surface area contributed by atoms with Gasteiger partial charge in [0.25, 0.3) is 12.3 Å². The van der Waals surface area contributed by atoms with Gasteiger partial charge in [0.2, 0.25) is 0 Å². The summed E-state index contributed by atoms with van der Waals surface area (Å²) in [5, 5.41) is 20.2. The van der Waals surface area contributed by atoms with Crippen LogP contribution in [0.2, 0.25) is 10.0 Å². The molecule has 1 atom stereocenters. The normalized spacial score (nSPS) is 18.1. The third-order valence-electron chi connectivity index (χ3n) is 7.29. The molecular weight excluding hydrogens is 670 g/mol. The lowest BCUT2D eigenvalue weighted by Gasteiger charge is -2.31. The van der Waals surface area contributed by atoms with Crippen LogP contribution in [0, 0.1) is 23.0 Å². The molecule has 1 aliphatic rings. The molecule has 1 amide bonds. The number of rotatable bonds is 12. The summed E-state index contributed by atoms with van der Waals surface area (Å²) in [5.41, 5.74) is -3.89. The summed E-state index contributed by atoms with van der Waals surface area (Å²) < 4.78 is 103. The molecule has 2 aromatic rings.